The fourth-order valence-electron chi connectivity index (χ4n) is 3.04. The van der Waals surface area contributed by atoms with Crippen molar-refractivity contribution < 1.29 is 4.79 Å². The zero-order chi connectivity index (χ0) is 15.1. The standard InChI is InChI=1S/C17H19BrN2O/c1-11-10-14(5-6-15(11)18)17(21)20-9-8-19-12(2)4-7-16(19)13(20)3/h4-7,10,13H,8-9H2,1-3H3. The molecule has 1 atom stereocenters. The molecule has 4 heteroatoms. The second-order valence-electron chi connectivity index (χ2n) is 5.69. The summed E-state index contributed by atoms with van der Waals surface area (Å²) in [6.45, 7) is 7.87. The number of hydrogen-bond donors (Lipinski definition) is 0. The van der Waals surface area contributed by atoms with E-state index in [1.807, 2.05) is 30.0 Å². The maximum Gasteiger partial charge on any atom is 0.254 e. The first-order valence-electron chi connectivity index (χ1n) is 7.22. The minimum atomic E-state index is 0.114. The number of amides is 1. The molecule has 0 fully saturated rings. The summed E-state index contributed by atoms with van der Waals surface area (Å²) in [5.41, 5.74) is 4.34. The van der Waals surface area contributed by atoms with Gasteiger partial charge in [0.25, 0.3) is 5.91 Å². The molecular formula is C17H19BrN2O. The second-order valence-corrected chi connectivity index (χ2v) is 6.54. The van der Waals surface area contributed by atoms with E-state index in [2.05, 4.69) is 46.5 Å². The number of hydrogen-bond acceptors (Lipinski definition) is 1. The van der Waals surface area contributed by atoms with Crippen molar-refractivity contribution in [1.82, 2.24) is 9.47 Å². The summed E-state index contributed by atoms with van der Waals surface area (Å²) < 4.78 is 3.34. The third-order valence-corrected chi connectivity index (χ3v) is 5.25. The minimum absolute atomic E-state index is 0.114. The lowest BCUT2D eigenvalue weighted by Crippen LogP contribution is -2.41. The molecule has 0 spiro atoms. The average Bonchev–Trinajstić information content (AvgIpc) is 2.84. The van der Waals surface area contributed by atoms with Crippen LogP contribution < -0.4 is 0 Å². The molecule has 3 rings (SSSR count). The van der Waals surface area contributed by atoms with Gasteiger partial charge in [-0.05, 0) is 56.7 Å². The first-order chi connectivity index (χ1) is 9.99. The summed E-state index contributed by atoms with van der Waals surface area (Å²) >= 11 is 3.48. The van der Waals surface area contributed by atoms with Gasteiger partial charge in [0, 0.05) is 34.5 Å². The molecule has 21 heavy (non-hydrogen) atoms. The van der Waals surface area contributed by atoms with Crippen LogP contribution in [0.3, 0.4) is 0 Å². The molecular weight excluding hydrogens is 328 g/mol. The number of benzene rings is 1. The highest BCUT2D eigenvalue weighted by atomic mass is 79.9. The average molecular weight is 347 g/mol. The Labute approximate surface area is 133 Å². The fourth-order valence-corrected chi connectivity index (χ4v) is 3.29. The summed E-state index contributed by atoms with van der Waals surface area (Å²) in [5.74, 6) is 0.114. The molecule has 0 aliphatic carbocycles. The zero-order valence-corrected chi connectivity index (χ0v) is 14.1. The number of aryl methyl sites for hydroxylation is 2. The molecule has 0 radical (unpaired) electrons. The Kier molecular flexibility index (Phi) is 3.66. The van der Waals surface area contributed by atoms with Gasteiger partial charge in [0.15, 0.2) is 0 Å². The van der Waals surface area contributed by atoms with Gasteiger partial charge in [-0.15, -0.1) is 0 Å². The van der Waals surface area contributed by atoms with E-state index in [9.17, 15) is 4.79 Å². The molecule has 2 heterocycles. The Bertz CT molecular complexity index is 705. The Balaban J connectivity index is 1.91. The summed E-state index contributed by atoms with van der Waals surface area (Å²) in [4.78, 5) is 14.8. The van der Waals surface area contributed by atoms with Crippen LogP contribution in [-0.2, 0) is 6.54 Å². The van der Waals surface area contributed by atoms with Crippen LogP contribution in [0.5, 0.6) is 0 Å². The van der Waals surface area contributed by atoms with Gasteiger partial charge in [0.05, 0.1) is 6.04 Å². The number of aromatic nitrogens is 1. The Morgan fingerprint density at radius 3 is 2.67 bits per heavy atom. The monoisotopic (exact) mass is 346 g/mol. The van der Waals surface area contributed by atoms with E-state index in [1.54, 1.807) is 0 Å². The lowest BCUT2D eigenvalue weighted by Gasteiger charge is -2.35. The summed E-state index contributed by atoms with van der Waals surface area (Å²) in [5, 5.41) is 0. The van der Waals surface area contributed by atoms with Crippen molar-refractivity contribution in [1.29, 1.82) is 0 Å². The van der Waals surface area contributed by atoms with E-state index in [0.717, 1.165) is 28.7 Å². The van der Waals surface area contributed by atoms with Gasteiger partial charge in [-0.3, -0.25) is 4.79 Å². The number of nitrogens with zero attached hydrogens (tertiary/aromatic N) is 2. The van der Waals surface area contributed by atoms with Crippen LogP contribution in [0.15, 0.2) is 34.8 Å². The molecule has 1 aliphatic rings. The molecule has 0 N–H and O–H groups in total. The van der Waals surface area contributed by atoms with E-state index < -0.39 is 0 Å². The highest BCUT2D eigenvalue weighted by Crippen LogP contribution is 2.29. The lowest BCUT2D eigenvalue weighted by molar-refractivity contribution is 0.0643. The van der Waals surface area contributed by atoms with Gasteiger partial charge >= 0.3 is 0 Å². The van der Waals surface area contributed by atoms with Gasteiger partial charge < -0.3 is 9.47 Å². The van der Waals surface area contributed by atoms with Crippen LogP contribution >= 0.6 is 15.9 Å². The smallest absolute Gasteiger partial charge is 0.254 e. The molecule has 1 aromatic carbocycles. The molecule has 110 valence electrons. The van der Waals surface area contributed by atoms with Gasteiger partial charge in [-0.2, -0.15) is 0 Å². The highest BCUT2D eigenvalue weighted by molar-refractivity contribution is 9.10. The third-order valence-electron chi connectivity index (χ3n) is 4.36. The van der Waals surface area contributed by atoms with Crippen molar-refractivity contribution in [3.8, 4) is 0 Å². The molecule has 1 amide bonds. The molecule has 1 unspecified atom stereocenters. The number of carbonyl (C=O) groups excluding carboxylic acids is 1. The van der Waals surface area contributed by atoms with Gasteiger partial charge in [0.1, 0.15) is 0 Å². The number of rotatable bonds is 1. The molecule has 0 bridgehead atoms. The van der Waals surface area contributed by atoms with Crippen molar-refractivity contribution in [2.75, 3.05) is 6.54 Å². The van der Waals surface area contributed by atoms with Crippen LogP contribution in [0.25, 0.3) is 0 Å². The van der Waals surface area contributed by atoms with Crippen LogP contribution in [0.2, 0.25) is 0 Å². The van der Waals surface area contributed by atoms with E-state index in [-0.39, 0.29) is 11.9 Å². The van der Waals surface area contributed by atoms with Gasteiger partial charge in [-0.1, -0.05) is 15.9 Å². The molecule has 2 aromatic rings. The van der Waals surface area contributed by atoms with E-state index in [1.165, 1.54) is 11.4 Å². The maximum absolute atomic E-state index is 12.8. The minimum Gasteiger partial charge on any atom is -0.345 e. The van der Waals surface area contributed by atoms with Crippen molar-refractivity contribution in [3.05, 3.63) is 57.3 Å². The maximum atomic E-state index is 12.8. The van der Waals surface area contributed by atoms with Gasteiger partial charge in [-0.25, -0.2) is 0 Å². The van der Waals surface area contributed by atoms with Crippen LogP contribution in [0.1, 0.15) is 40.3 Å². The molecule has 1 aliphatic heterocycles. The largest absolute Gasteiger partial charge is 0.345 e. The van der Waals surface area contributed by atoms with Gasteiger partial charge in [0.2, 0.25) is 0 Å². The normalized spacial score (nSPS) is 17.7. The van der Waals surface area contributed by atoms with Crippen LogP contribution in [-0.4, -0.2) is 21.9 Å². The van der Waals surface area contributed by atoms with E-state index in [0.29, 0.717) is 0 Å². The highest BCUT2D eigenvalue weighted by Gasteiger charge is 2.29. The van der Waals surface area contributed by atoms with E-state index in [4.69, 9.17) is 0 Å². The summed E-state index contributed by atoms with van der Waals surface area (Å²) in [6, 6.07) is 10.2. The lowest BCUT2D eigenvalue weighted by atomic mass is 10.1. The summed E-state index contributed by atoms with van der Waals surface area (Å²) in [7, 11) is 0. The Morgan fingerprint density at radius 1 is 1.19 bits per heavy atom. The Hall–Kier alpha value is -1.55. The zero-order valence-electron chi connectivity index (χ0n) is 12.6. The van der Waals surface area contributed by atoms with Crippen molar-refractivity contribution >= 4 is 21.8 Å². The first-order valence-corrected chi connectivity index (χ1v) is 8.01. The molecule has 3 nitrogen and oxygen atoms in total. The SMILES string of the molecule is Cc1cc(C(=O)N2CCn3c(C)ccc3C2C)ccc1Br. The quantitative estimate of drug-likeness (QED) is 0.763. The Morgan fingerprint density at radius 2 is 1.95 bits per heavy atom. The second kappa shape index (κ2) is 5.34. The molecule has 0 saturated heterocycles. The van der Waals surface area contributed by atoms with Crippen molar-refractivity contribution in [3.63, 3.8) is 0 Å². The predicted molar refractivity (Wildman–Crippen MR) is 87.5 cm³/mol. The topological polar surface area (TPSA) is 25.2 Å². The summed E-state index contributed by atoms with van der Waals surface area (Å²) in [6.07, 6.45) is 0. The third kappa shape index (κ3) is 2.42. The number of carbonyl (C=O) groups is 1. The van der Waals surface area contributed by atoms with E-state index >= 15 is 0 Å². The van der Waals surface area contributed by atoms with Crippen molar-refractivity contribution in [2.45, 2.75) is 33.4 Å². The number of fused-ring (bicyclic) bond motifs is 1. The van der Waals surface area contributed by atoms with Crippen LogP contribution in [0, 0.1) is 13.8 Å². The number of halogens is 1. The van der Waals surface area contributed by atoms with Crippen LogP contribution in [0.4, 0.5) is 0 Å². The predicted octanol–water partition coefficient (Wildman–Crippen LogP) is 4.08. The molecule has 0 saturated carbocycles. The fraction of sp³-hybridized carbons (Fsp3) is 0.353. The van der Waals surface area contributed by atoms with Crippen molar-refractivity contribution in [2.24, 2.45) is 0 Å². The first kappa shape index (κ1) is 14.4. The molecule has 1 aromatic heterocycles.